The van der Waals surface area contributed by atoms with Gasteiger partial charge in [-0.2, -0.15) is 0 Å². The van der Waals surface area contributed by atoms with E-state index in [0.29, 0.717) is 5.92 Å². The molecule has 0 amide bonds. The van der Waals surface area contributed by atoms with E-state index in [1.165, 1.54) is 74.8 Å². The minimum absolute atomic E-state index is 0.0455. The summed E-state index contributed by atoms with van der Waals surface area (Å²) >= 11 is 0. The molecule has 286 valence electrons. The normalized spacial score (nSPS) is 17.1. The van der Waals surface area contributed by atoms with Gasteiger partial charge in [0.25, 0.3) is 0 Å². The first-order valence-corrected chi connectivity index (χ1v) is 19.4. The molecule has 0 bridgehead atoms. The van der Waals surface area contributed by atoms with Gasteiger partial charge in [0.2, 0.25) is 0 Å². The van der Waals surface area contributed by atoms with E-state index in [-0.39, 0.29) is 11.6 Å². The smallest absolute Gasteiger partial charge is 0.302 e. The quantitative estimate of drug-likeness (QED) is 0.0912. The van der Waals surface area contributed by atoms with Gasteiger partial charge in [0.1, 0.15) is 0 Å². The van der Waals surface area contributed by atoms with Gasteiger partial charge in [0.15, 0.2) is 5.82 Å². The van der Waals surface area contributed by atoms with Gasteiger partial charge < -0.3 is 24.0 Å². The molecule has 8 heteroatoms. The van der Waals surface area contributed by atoms with Gasteiger partial charge in [-0.3, -0.25) is 4.79 Å². The van der Waals surface area contributed by atoms with E-state index >= 15 is 0 Å². The summed E-state index contributed by atoms with van der Waals surface area (Å²) in [6.07, 6.45) is 25.0. The van der Waals surface area contributed by atoms with Crippen LogP contribution in [0.4, 0.5) is 5.69 Å². The Morgan fingerprint density at radius 2 is 1.63 bits per heavy atom. The highest BCUT2D eigenvalue weighted by Crippen LogP contribution is 2.42. The molecule has 1 saturated carbocycles. The van der Waals surface area contributed by atoms with Crippen LogP contribution in [0.5, 0.6) is 0 Å². The van der Waals surface area contributed by atoms with E-state index in [2.05, 4.69) is 84.4 Å². The summed E-state index contributed by atoms with van der Waals surface area (Å²) in [5, 5.41) is 0. The zero-order valence-electron chi connectivity index (χ0n) is 33.3. The van der Waals surface area contributed by atoms with Crippen molar-refractivity contribution in [2.24, 2.45) is 5.92 Å². The number of nitrogens with zero attached hydrogens (tertiary/aromatic N) is 4. The fourth-order valence-corrected chi connectivity index (χ4v) is 7.31. The number of unbranched alkanes of at least 4 members (excludes halogenated alkanes) is 1. The van der Waals surface area contributed by atoms with Crippen LogP contribution in [0.15, 0.2) is 78.7 Å². The van der Waals surface area contributed by atoms with E-state index in [1.807, 2.05) is 25.6 Å². The summed E-state index contributed by atoms with van der Waals surface area (Å²) < 4.78 is 15.6. The van der Waals surface area contributed by atoms with Gasteiger partial charge in [-0.25, -0.2) is 9.97 Å². The third kappa shape index (κ3) is 13.4. The van der Waals surface area contributed by atoms with Gasteiger partial charge in [-0.05, 0) is 100 Å². The van der Waals surface area contributed by atoms with Crippen molar-refractivity contribution < 1.29 is 19.0 Å². The number of anilines is 1. The largest absolute Gasteiger partial charge is 0.469 e. The number of hydrogen-bond acceptors (Lipinski definition) is 8. The fraction of sp³-hybridized carbons (Fsp3) is 0.568. The van der Waals surface area contributed by atoms with E-state index in [9.17, 15) is 4.79 Å². The van der Waals surface area contributed by atoms with Crippen molar-refractivity contribution in [1.29, 1.82) is 0 Å². The molecule has 1 aliphatic heterocycles. The van der Waals surface area contributed by atoms with Crippen LogP contribution >= 0.6 is 0 Å². The van der Waals surface area contributed by atoms with Crippen molar-refractivity contribution in [3.8, 4) is 11.4 Å². The number of hydrogen-bond donors (Lipinski definition) is 0. The summed E-state index contributed by atoms with van der Waals surface area (Å²) in [5.74, 6) is 1.22. The molecule has 1 saturated heterocycles. The van der Waals surface area contributed by atoms with Crippen LogP contribution in [0.3, 0.4) is 0 Å². The van der Waals surface area contributed by atoms with Crippen molar-refractivity contribution in [1.82, 2.24) is 14.9 Å². The number of carbonyl (C=O) groups excluding carboxylic acids is 1. The van der Waals surface area contributed by atoms with Crippen LogP contribution in [-0.2, 0) is 19.0 Å². The van der Waals surface area contributed by atoms with E-state index in [1.54, 1.807) is 7.11 Å². The summed E-state index contributed by atoms with van der Waals surface area (Å²) in [7, 11) is 5.05. The highest BCUT2D eigenvalue weighted by atomic mass is 16.5. The summed E-state index contributed by atoms with van der Waals surface area (Å²) in [5.41, 5.74) is 6.96. The minimum atomic E-state index is -0.245. The molecular weight excluding hydrogens is 649 g/mol. The maximum Gasteiger partial charge on any atom is 0.302 e. The molecule has 1 aromatic heterocycles. The number of aromatic nitrogens is 2. The van der Waals surface area contributed by atoms with Gasteiger partial charge in [0.05, 0.1) is 37.4 Å². The SMILES string of the molecule is C=C/C(C)=C(C=CCCCN(CCC)CCOC)\C=C(/C)c1ccc(-c2ncc(N3CCC(OC)(C4CCCCC4)CC3)cn2)cc1.COC(C)=O. The third-order valence-corrected chi connectivity index (χ3v) is 10.7. The zero-order chi connectivity index (χ0) is 37.8. The summed E-state index contributed by atoms with van der Waals surface area (Å²) in [6, 6.07) is 8.60. The number of methoxy groups -OCH3 is 3. The van der Waals surface area contributed by atoms with Crippen LogP contribution in [0.25, 0.3) is 17.0 Å². The molecular formula is C44H66N4O4. The van der Waals surface area contributed by atoms with Gasteiger partial charge in [-0.1, -0.05) is 81.3 Å². The van der Waals surface area contributed by atoms with Crippen molar-refractivity contribution in [2.75, 3.05) is 65.6 Å². The van der Waals surface area contributed by atoms with Crippen molar-refractivity contribution >= 4 is 17.2 Å². The Morgan fingerprint density at radius 3 is 2.19 bits per heavy atom. The lowest BCUT2D eigenvalue weighted by atomic mass is 9.72. The molecule has 1 aliphatic carbocycles. The molecule has 0 atom stereocenters. The Labute approximate surface area is 315 Å². The first kappa shape index (κ1) is 42.8. The molecule has 1 aromatic carbocycles. The number of carbonyl (C=O) groups is 1. The van der Waals surface area contributed by atoms with Crippen LogP contribution in [0.2, 0.25) is 0 Å². The lowest BCUT2D eigenvalue weighted by Gasteiger charge is -2.47. The Bertz CT molecular complexity index is 1430. The van der Waals surface area contributed by atoms with Crippen LogP contribution in [0.1, 0.15) is 97.5 Å². The Morgan fingerprint density at radius 1 is 0.981 bits per heavy atom. The standard InChI is InChI=1S/C41H60N4O2.C3H6O2/c1-7-24-44(28-29-46-5)25-14-10-11-15-37(33(3)8-2)30-34(4)35-18-20-36(21-19-35)40-42-31-39(32-43-40)45-26-22-41(47-6,23-27-45)38-16-12-9-13-17-38;1-3(4)5-2/h8,11,15,18-21,30-32,38H,2,7,9-10,12-14,16-17,22-29H2,1,3-6H3;1-2H3/b15-11?,34-30+,37-33-;. The number of allylic oxidation sites excluding steroid dienone is 7. The second kappa shape index (κ2) is 23.2. The molecule has 4 rings (SSSR count). The molecule has 2 aromatic rings. The summed E-state index contributed by atoms with van der Waals surface area (Å²) in [6.45, 7) is 17.9. The Balaban J connectivity index is 0.00000136. The van der Waals surface area contributed by atoms with Crippen LogP contribution < -0.4 is 4.90 Å². The Kier molecular flexibility index (Phi) is 19.1. The fourth-order valence-electron chi connectivity index (χ4n) is 7.31. The predicted molar refractivity (Wildman–Crippen MR) is 216 cm³/mol. The first-order chi connectivity index (χ1) is 25.2. The van der Waals surface area contributed by atoms with Crippen LogP contribution in [0, 0.1) is 5.92 Å². The topological polar surface area (TPSA) is 77.0 Å². The number of rotatable bonds is 17. The average Bonchev–Trinajstić information content (AvgIpc) is 3.19. The monoisotopic (exact) mass is 715 g/mol. The molecule has 52 heavy (non-hydrogen) atoms. The zero-order valence-corrected chi connectivity index (χ0v) is 33.3. The molecule has 0 spiro atoms. The van der Waals surface area contributed by atoms with Crippen molar-refractivity contribution in [2.45, 2.75) is 97.5 Å². The number of ether oxygens (including phenoxy) is 3. The average molecular weight is 715 g/mol. The number of benzene rings is 1. The van der Waals surface area contributed by atoms with Gasteiger partial charge in [-0.15, -0.1) is 0 Å². The summed E-state index contributed by atoms with van der Waals surface area (Å²) in [4.78, 5) is 24.1. The second-order valence-electron chi connectivity index (χ2n) is 14.2. The van der Waals surface area contributed by atoms with Crippen molar-refractivity contribution in [3.63, 3.8) is 0 Å². The molecule has 2 fully saturated rings. The first-order valence-electron chi connectivity index (χ1n) is 19.4. The highest BCUT2D eigenvalue weighted by molar-refractivity contribution is 5.70. The van der Waals surface area contributed by atoms with Gasteiger partial charge in [0, 0.05) is 46.3 Å². The molecule has 2 aliphatic rings. The maximum absolute atomic E-state index is 9.59. The molecule has 2 heterocycles. The second-order valence-corrected chi connectivity index (χ2v) is 14.2. The molecule has 0 N–H and O–H groups in total. The van der Waals surface area contributed by atoms with E-state index in [4.69, 9.17) is 19.4 Å². The van der Waals surface area contributed by atoms with E-state index in [0.717, 1.165) is 82.1 Å². The lowest BCUT2D eigenvalue weighted by Crippen LogP contribution is -2.50. The third-order valence-electron chi connectivity index (χ3n) is 10.7. The minimum Gasteiger partial charge on any atom is -0.469 e. The highest BCUT2D eigenvalue weighted by Gasteiger charge is 2.42. The maximum atomic E-state index is 9.59. The lowest BCUT2D eigenvalue weighted by molar-refractivity contribution is -0.137. The molecule has 8 nitrogen and oxygen atoms in total. The van der Waals surface area contributed by atoms with E-state index < -0.39 is 0 Å². The number of piperidine rings is 1. The number of esters is 1. The molecule has 0 radical (unpaired) electrons. The van der Waals surface area contributed by atoms with Crippen molar-refractivity contribution in [3.05, 3.63) is 84.3 Å². The Hall–Kier alpha value is -3.59. The van der Waals surface area contributed by atoms with Crippen LogP contribution in [-0.4, -0.2) is 87.1 Å². The molecule has 0 unspecified atom stereocenters. The van der Waals surface area contributed by atoms with Gasteiger partial charge >= 0.3 is 5.97 Å². The predicted octanol–water partition coefficient (Wildman–Crippen LogP) is 9.49.